The van der Waals surface area contributed by atoms with Crippen molar-refractivity contribution in [2.45, 2.75) is 36.1 Å². The summed E-state index contributed by atoms with van der Waals surface area (Å²) in [7, 11) is -2.58. The predicted octanol–water partition coefficient (Wildman–Crippen LogP) is 0.770. The molecule has 0 bridgehead atoms. The molecule has 1 fully saturated rings. The lowest BCUT2D eigenvalue weighted by molar-refractivity contribution is 0.0590. The van der Waals surface area contributed by atoms with Gasteiger partial charge in [-0.1, -0.05) is 0 Å². The molecule has 0 radical (unpaired) electrons. The average molecular weight is 356 g/mol. The largest absolute Gasteiger partial charge is 0.464 e. The molecule has 7 nitrogen and oxygen atoms in total. The number of hydrogen-bond acceptors (Lipinski definition) is 7. The minimum absolute atomic E-state index is 0. The Morgan fingerprint density at radius 3 is 2.90 bits per heavy atom. The molecule has 2 rings (SSSR count). The molecule has 21 heavy (non-hydrogen) atoms. The summed E-state index contributed by atoms with van der Waals surface area (Å²) in [5, 5.41) is 3.22. The molecule has 0 amide bonds. The van der Waals surface area contributed by atoms with E-state index in [2.05, 4.69) is 19.8 Å². The summed E-state index contributed by atoms with van der Waals surface area (Å²) in [6.45, 7) is 2.81. The van der Waals surface area contributed by atoms with Gasteiger partial charge in [0.2, 0.25) is 0 Å². The highest BCUT2D eigenvalue weighted by molar-refractivity contribution is 7.91. The van der Waals surface area contributed by atoms with E-state index in [9.17, 15) is 13.2 Å². The maximum absolute atomic E-state index is 12.4. The van der Waals surface area contributed by atoms with Gasteiger partial charge in [0, 0.05) is 12.1 Å². The van der Waals surface area contributed by atoms with Gasteiger partial charge < -0.3 is 10.1 Å². The van der Waals surface area contributed by atoms with Crippen molar-refractivity contribution in [3.8, 4) is 0 Å². The van der Waals surface area contributed by atoms with Crippen LogP contribution in [0.15, 0.2) is 9.72 Å². The summed E-state index contributed by atoms with van der Waals surface area (Å²) in [4.78, 5) is 15.3. The first-order valence-corrected chi connectivity index (χ1v) is 8.59. The Morgan fingerprint density at radius 1 is 1.57 bits per heavy atom. The minimum Gasteiger partial charge on any atom is -0.464 e. The Morgan fingerprint density at radius 2 is 2.29 bits per heavy atom. The molecule has 2 N–H and O–H groups in total. The molecule has 0 aromatic carbocycles. The number of sulfonamides is 1. The van der Waals surface area contributed by atoms with Gasteiger partial charge >= 0.3 is 5.97 Å². The number of thiazole rings is 1. The summed E-state index contributed by atoms with van der Waals surface area (Å²) in [5.74, 6) is -0.749. The molecule has 0 aliphatic carbocycles. The molecule has 1 aromatic rings. The number of rotatable bonds is 4. The van der Waals surface area contributed by atoms with Crippen molar-refractivity contribution < 1.29 is 17.9 Å². The monoisotopic (exact) mass is 355 g/mol. The molecule has 1 aliphatic heterocycles. The second kappa shape index (κ2) is 7.50. The van der Waals surface area contributed by atoms with Crippen LogP contribution >= 0.6 is 23.7 Å². The number of aromatic nitrogens is 1. The molecule has 120 valence electrons. The van der Waals surface area contributed by atoms with Crippen molar-refractivity contribution in [3.63, 3.8) is 0 Å². The second-order valence-electron chi connectivity index (χ2n) is 4.59. The first kappa shape index (κ1) is 18.3. The SMILES string of the molecule is COC(=O)c1ncsc1S(=O)(=O)NC1CCCNC1C.Cl. The average Bonchev–Trinajstić information content (AvgIpc) is 2.90. The van der Waals surface area contributed by atoms with Crippen molar-refractivity contribution >= 4 is 39.7 Å². The van der Waals surface area contributed by atoms with Gasteiger partial charge in [-0.2, -0.15) is 0 Å². The van der Waals surface area contributed by atoms with E-state index in [0.29, 0.717) is 0 Å². The third-order valence-electron chi connectivity index (χ3n) is 3.23. The first-order chi connectivity index (χ1) is 9.45. The van der Waals surface area contributed by atoms with E-state index < -0.39 is 16.0 Å². The minimum atomic E-state index is -3.77. The van der Waals surface area contributed by atoms with E-state index in [1.807, 2.05) is 6.92 Å². The molecule has 1 aromatic heterocycles. The van der Waals surface area contributed by atoms with Crippen LogP contribution in [0.2, 0.25) is 0 Å². The van der Waals surface area contributed by atoms with Gasteiger partial charge in [0.1, 0.15) is 0 Å². The Hall–Kier alpha value is -0.740. The van der Waals surface area contributed by atoms with Gasteiger partial charge in [-0.3, -0.25) is 0 Å². The van der Waals surface area contributed by atoms with Crippen LogP contribution in [-0.4, -0.2) is 45.1 Å². The number of halogens is 1. The fourth-order valence-corrected chi connectivity index (χ4v) is 4.62. The third-order valence-corrected chi connectivity index (χ3v) is 6.09. The van der Waals surface area contributed by atoms with Gasteiger partial charge in [-0.25, -0.2) is 22.9 Å². The zero-order valence-electron chi connectivity index (χ0n) is 11.7. The maximum atomic E-state index is 12.4. The van der Waals surface area contributed by atoms with Crippen LogP contribution in [0.25, 0.3) is 0 Å². The number of esters is 1. The lowest BCUT2D eigenvalue weighted by atomic mass is 10.0. The highest BCUT2D eigenvalue weighted by Crippen LogP contribution is 2.22. The number of hydrogen-bond donors (Lipinski definition) is 2. The topological polar surface area (TPSA) is 97.4 Å². The van der Waals surface area contributed by atoms with Crippen LogP contribution in [0.5, 0.6) is 0 Å². The van der Waals surface area contributed by atoms with Crippen LogP contribution < -0.4 is 10.0 Å². The van der Waals surface area contributed by atoms with E-state index in [1.165, 1.54) is 12.6 Å². The molecule has 2 heterocycles. The maximum Gasteiger partial charge on any atom is 0.358 e. The third kappa shape index (κ3) is 4.13. The van der Waals surface area contributed by atoms with Gasteiger partial charge in [0.25, 0.3) is 10.0 Å². The summed E-state index contributed by atoms with van der Waals surface area (Å²) >= 11 is 0.907. The Balaban J connectivity index is 0.00000220. The van der Waals surface area contributed by atoms with E-state index in [1.54, 1.807) is 0 Å². The Kier molecular flexibility index (Phi) is 6.54. The molecule has 2 atom stereocenters. The van der Waals surface area contributed by atoms with Crippen LogP contribution in [0, 0.1) is 0 Å². The van der Waals surface area contributed by atoms with E-state index in [-0.39, 0.29) is 34.4 Å². The zero-order valence-corrected chi connectivity index (χ0v) is 14.1. The molecular formula is C11H18ClN3O4S2. The van der Waals surface area contributed by atoms with Crippen LogP contribution in [0.3, 0.4) is 0 Å². The summed E-state index contributed by atoms with van der Waals surface area (Å²) in [6.07, 6.45) is 1.67. The molecule has 1 aliphatic rings. The van der Waals surface area contributed by atoms with Crippen molar-refractivity contribution in [1.82, 2.24) is 15.0 Å². The molecule has 1 saturated heterocycles. The van der Waals surface area contributed by atoms with E-state index in [4.69, 9.17) is 0 Å². The number of nitrogens with one attached hydrogen (secondary N) is 2. The van der Waals surface area contributed by atoms with Crippen molar-refractivity contribution in [1.29, 1.82) is 0 Å². The molecular weight excluding hydrogens is 338 g/mol. The lowest BCUT2D eigenvalue weighted by Gasteiger charge is -2.30. The van der Waals surface area contributed by atoms with Crippen LogP contribution in [0.4, 0.5) is 0 Å². The van der Waals surface area contributed by atoms with Crippen molar-refractivity contribution in [2.75, 3.05) is 13.7 Å². The smallest absolute Gasteiger partial charge is 0.358 e. The standard InChI is InChI=1S/C11H17N3O4S2.ClH/c1-7-8(4-3-5-12-7)14-20(16,17)11-9(10(15)18-2)13-6-19-11;/h6-8,12,14H,3-5H2,1-2H3;1H. The fraction of sp³-hybridized carbons (Fsp3) is 0.636. The molecule has 2 unspecified atom stereocenters. The van der Waals surface area contributed by atoms with E-state index >= 15 is 0 Å². The van der Waals surface area contributed by atoms with Crippen molar-refractivity contribution in [2.24, 2.45) is 0 Å². The van der Waals surface area contributed by atoms with Gasteiger partial charge in [-0.05, 0) is 26.3 Å². The molecule has 10 heteroatoms. The van der Waals surface area contributed by atoms with E-state index in [0.717, 1.165) is 30.7 Å². The lowest BCUT2D eigenvalue weighted by Crippen LogP contribution is -2.51. The Bertz CT molecular complexity index is 590. The fourth-order valence-electron chi connectivity index (χ4n) is 2.12. The second-order valence-corrected chi connectivity index (χ2v) is 7.36. The number of methoxy groups -OCH3 is 1. The normalized spacial score (nSPS) is 22.4. The van der Waals surface area contributed by atoms with Gasteiger partial charge in [0.05, 0.1) is 12.6 Å². The summed E-state index contributed by atoms with van der Waals surface area (Å²) in [6, 6.07) is -0.144. The quantitative estimate of drug-likeness (QED) is 0.774. The summed E-state index contributed by atoms with van der Waals surface area (Å²) in [5.41, 5.74) is 1.16. The number of piperidine rings is 1. The molecule has 0 saturated carbocycles. The molecule has 0 spiro atoms. The van der Waals surface area contributed by atoms with Crippen LogP contribution in [-0.2, 0) is 14.8 Å². The number of ether oxygens (including phenoxy) is 1. The number of nitrogens with zero attached hydrogens (tertiary/aromatic N) is 1. The highest BCUT2D eigenvalue weighted by Gasteiger charge is 2.31. The van der Waals surface area contributed by atoms with Gasteiger partial charge in [0.15, 0.2) is 9.90 Å². The predicted molar refractivity (Wildman–Crippen MR) is 81.5 cm³/mol. The number of carbonyl (C=O) groups excluding carboxylic acids is 1. The first-order valence-electron chi connectivity index (χ1n) is 6.23. The van der Waals surface area contributed by atoms with Crippen molar-refractivity contribution in [3.05, 3.63) is 11.2 Å². The Labute approximate surface area is 133 Å². The highest BCUT2D eigenvalue weighted by atomic mass is 35.5. The summed E-state index contributed by atoms with van der Waals surface area (Å²) < 4.78 is 31.8. The zero-order chi connectivity index (χ0) is 14.8. The van der Waals surface area contributed by atoms with Crippen LogP contribution in [0.1, 0.15) is 30.3 Å². The number of carbonyl (C=O) groups is 1. The van der Waals surface area contributed by atoms with Gasteiger partial charge in [-0.15, -0.1) is 23.7 Å².